The maximum atomic E-state index is 12.9. The summed E-state index contributed by atoms with van der Waals surface area (Å²) in [4.78, 5) is 12.9. The molecule has 0 unspecified atom stereocenters. The van der Waals surface area contributed by atoms with Crippen molar-refractivity contribution >= 4 is 22.5 Å². The molecule has 2 aromatic carbocycles. The van der Waals surface area contributed by atoms with Gasteiger partial charge in [-0.05, 0) is 62.2 Å². The van der Waals surface area contributed by atoms with E-state index in [0.717, 1.165) is 27.9 Å². The summed E-state index contributed by atoms with van der Waals surface area (Å²) in [5.41, 5.74) is 4.76. The Balaban J connectivity index is 1.99. The largest absolute Gasteiger partial charge is 0.489 e. The highest BCUT2D eigenvalue weighted by atomic mass is 16.5. The molecule has 3 rings (SSSR count). The van der Waals surface area contributed by atoms with Gasteiger partial charge in [-0.2, -0.15) is 0 Å². The lowest BCUT2D eigenvalue weighted by atomic mass is 10.1. The Labute approximate surface area is 154 Å². The molecule has 134 valence electrons. The maximum absolute atomic E-state index is 12.9. The van der Waals surface area contributed by atoms with Crippen molar-refractivity contribution in [2.45, 2.75) is 27.3 Å². The van der Waals surface area contributed by atoms with E-state index in [2.05, 4.69) is 18.8 Å². The van der Waals surface area contributed by atoms with Crippen molar-refractivity contribution in [1.82, 2.24) is 4.57 Å². The van der Waals surface area contributed by atoms with Gasteiger partial charge in [-0.25, -0.2) is 0 Å². The maximum Gasteiger partial charge on any atom is 0.272 e. The number of aryl methyl sites for hydroxylation is 3. The summed E-state index contributed by atoms with van der Waals surface area (Å²) < 4.78 is 7.75. The summed E-state index contributed by atoms with van der Waals surface area (Å²) in [5, 5.41) is 3.94. The van der Waals surface area contributed by atoms with Gasteiger partial charge < -0.3 is 14.6 Å². The third kappa shape index (κ3) is 3.36. The summed E-state index contributed by atoms with van der Waals surface area (Å²) in [6.45, 7) is 10.9. The van der Waals surface area contributed by atoms with E-state index in [1.165, 1.54) is 5.56 Å². The molecule has 1 aromatic heterocycles. The lowest BCUT2D eigenvalue weighted by Crippen LogP contribution is -2.16. The third-order valence-electron chi connectivity index (χ3n) is 4.58. The summed E-state index contributed by atoms with van der Waals surface area (Å²) in [5.74, 6) is 0.635. The number of carbonyl (C=O) groups excluding carboxylic acids is 1. The van der Waals surface area contributed by atoms with E-state index >= 15 is 0 Å². The fourth-order valence-corrected chi connectivity index (χ4v) is 3.07. The molecule has 0 radical (unpaired) electrons. The van der Waals surface area contributed by atoms with Crippen LogP contribution in [-0.2, 0) is 6.54 Å². The summed E-state index contributed by atoms with van der Waals surface area (Å²) in [6.07, 6.45) is 1.71. The minimum Gasteiger partial charge on any atom is -0.489 e. The zero-order chi connectivity index (χ0) is 18.7. The number of rotatable bonds is 6. The van der Waals surface area contributed by atoms with Gasteiger partial charge in [-0.3, -0.25) is 4.79 Å². The molecule has 3 aromatic rings. The van der Waals surface area contributed by atoms with Crippen molar-refractivity contribution in [3.05, 3.63) is 71.9 Å². The Kier molecular flexibility index (Phi) is 5.12. The molecule has 1 amide bonds. The Morgan fingerprint density at radius 1 is 1.19 bits per heavy atom. The van der Waals surface area contributed by atoms with Crippen molar-refractivity contribution in [2.75, 3.05) is 11.9 Å². The summed E-state index contributed by atoms with van der Waals surface area (Å²) in [6, 6.07) is 13.7. The molecule has 26 heavy (non-hydrogen) atoms. The van der Waals surface area contributed by atoms with Gasteiger partial charge in [0.05, 0.1) is 5.52 Å². The Hall–Kier alpha value is -3.01. The van der Waals surface area contributed by atoms with E-state index in [1.54, 1.807) is 6.08 Å². The first-order chi connectivity index (χ1) is 12.5. The Bertz CT molecular complexity index is 970. The van der Waals surface area contributed by atoms with Crippen LogP contribution in [0.3, 0.4) is 0 Å². The molecule has 1 heterocycles. The van der Waals surface area contributed by atoms with Crippen molar-refractivity contribution in [3.63, 3.8) is 0 Å². The van der Waals surface area contributed by atoms with Crippen LogP contribution < -0.4 is 10.1 Å². The highest BCUT2D eigenvalue weighted by molar-refractivity contribution is 6.07. The number of ether oxygens (including phenoxy) is 1. The number of fused-ring (bicyclic) bond motifs is 1. The van der Waals surface area contributed by atoms with Crippen molar-refractivity contribution in [3.8, 4) is 5.75 Å². The minimum atomic E-state index is -0.124. The summed E-state index contributed by atoms with van der Waals surface area (Å²) in [7, 11) is 0. The number of carbonyl (C=O) groups is 1. The molecular formula is C22H24N2O2. The molecule has 4 heteroatoms. The predicted octanol–water partition coefficient (Wildman–Crippen LogP) is 5.10. The molecule has 0 aliphatic heterocycles. The molecule has 0 aliphatic rings. The van der Waals surface area contributed by atoms with E-state index in [-0.39, 0.29) is 5.91 Å². The van der Waals surface area contributed by atoms with E-state index in [1.807, 2.05) is 60.9 Å². The summed E-state index contributed by atoms with van der Waals surface area (Å²) >= 11 is 0. The van der Waals surface area contributed by atoms with Crippen LogP contribution in [0.4, 0.5) is 5.69 Å². The number of nitrogens with zero attached hydrogens (tertiary/aromatic N) is 1. The van der Waals surface area contributed by atoms with Crippen molar-refractivity contribution < 1.29 is 9.53 Å². The number of amides is 1. The highest BCUT2D eigenvalue weighted by Crippen LogP contribution is 2.29. The first-order valence-electron chi connectivity index (χ1n) is 8.79. The lowest BCUT2D eigenvalue weighted by molar-refractivity contribution is 0.101. The first-order valence-corrected chi connectivity index (χ1v) is 8.79. The van der Waals surface area contributed by atoms with Crippen LogP contribution in [0.15, 0.2) is 55.1 Å². The molecule has 1 N–H and O–H groups in total. The van der Waals surface area contributed by atoms with Crippen LogP contribution in [0.5, 0.6) is 5.75 Å². The topological polar surface area (TPSA) is 43.3 Å². The molecular weight excluding hydrogens is 324 g/mol. The standard InChI is InChI=1S/C22H24N2O2/c1-5-12-26-21-9-7-8-19-18(21)14-20(24(19)6-2)22(25)23-17-11-10-15(3)16(4)13-17/h5,7-11,13-14H,1,6,12H2,2-4H3,(H,23,25). The highest BCUT2D eigenvalue weighted by Gasteiger charge is 2.17. The molecule has 0 bridgehead atoms. The fourth-order valence-electron chi connectivity index (χ4n) is 3.07. The second-order valence-corrected chi connectivity index (χ2v) is 6.32. The van der Waals surface area contributed by atoms with Crippen LogP contribution in [-0.4, -0.2) is 17.1 Å². The molecule has 0 fully saturated rings. The van der Waals surface area contributed by atoms with Crippen LogP contribution in [0.2, 0.25) is 0 Å². The van der Waals surface area contributed by atoms with E-state index in [0.29, 0.717) is 18.8 Å². The fraction of sp³-hybridized carbons (Fsp3) is 0.227. The Morgan fingerprint density at radius 2 is 2.00 bits per heavy atom. The number of hydrogen-bond donors (Lipinski definition) is 1. The first kappa shape index (κ1) is 17.8. The minimum absolute atomic E-state index is 0.124. The second-order valence-electron chi connectivity index (χ2n) is 6.32. The smallest absolute Gasteiger partial charge is 0.272 e. The molecule has 0 saturated heterocycles. The van der Waals surface area contributed by atoms with Gasteiger partial charge in [0.25, 0.3) is 5.91 Å². The van der Waals surface area contributed by atoms with Crippen LogP contribution in [0.1, 0.15) is 28.5 Å². The van der Waals surface area contributed by atoms with Gasteiger partial charge in [0.15, 0.2) is 0 Å². The third-order valence-corrected chi connectivity index (χ3v) is 4.58. The Morgan fingerprint density at radius 3 is 2.69 bits per heavy atom. The molecule has 4 nitrogen and oxygen atoms in total. The zero-order valence-corrected chi connectivity index (χ0v) is 15.5. The van der Waals surface area contributed by atoms with E-state index in [4.69, 9.17) is 4.74 Å². The van der Waals surface area contributed by atoms with Gasteiger partial charge in [-0.1, -0.05) is 24.8 Å². The van der Waals surface area contributed by atoms with Crippen LogP contribution in [0, 0.1) is 13.8 Å². The van der Waals surface area contributed by atoms with E-state index in [9.17, 15) is 4.79 Å². The van der Waals surface area contributed by atoms with Crippen LogP contribution in [0.25, 0.3) is 10.9 Å². The normalized spacial score (nSPS) is 10.7. The molecule has 0 saturated carbocycles. The quantitative estimate of drug-likeness (QED) is 0.630. The SMILES string of the molecule is C=CCOc1cccc2c1cc(C(=O)Nc1ccc(C)c(C)c1)n2CC. The molecule has 0 spiro atoms. The van der Waals surface area contributed by atoms with Crippen molar-refractivity contribution in [2.24, 2.45) is 0 Å². The van der Waals surface area contributed by atoms with Gasteiger partial charge >= 0.3 is 0 Å². The number of aromatic nitrogens is 1. The van der Waals surface area contributed by atoms with Gasteiger partial charge in [0, 0.05) is 17.6 Å². The number of benzene rings is 2. The molecule has 0 aliphatic carbocycles. The zero-order valence-electron chi connectivity index (χ0n) is 15.5. The second kappa shape index (κ2) is 7.48. The number of hydrogen-bond acceptors (Lipinski definition) is 2. The van der Waals surface area contributed by atoms with Gasteiger partial charge in [-0.15, -0.1) is 0 Å². The van der Waals surface area contributed by atoms with Gasteiger partial charge in [0.2, 0.25) is 0 Å². The molecule has 0 atom stereocenters. The van der Waals surface area contributed by atoms with E-state index < -0.39 is 0 Å². The lowest BCUT2D eigenvalue weighted by Gasteiger charge is -2.10. The predicted molar refractivity (Wildman–Crippen MR) is 107 cm³/mol. The average Bonchev–Trinajstić information content (AvgIpc) is 3.02. The van der Waals surface area contributed by atoms with Crippen molar-refractivity contribution in [1.29, 1.82) is 0 Å². The average molecular weight is 348 g/mol. The number of nitrogens with one attached hydrogen (secondary N) is 1. The number of anilines is 1. The van der Waals surface area contributed by atoms with Crippen LogP contribution >= 0.6 is 0 Å². The van der Waals surface area contributed by atoms with Gasteiger partial charge in [0.1, 0.15) is 18.1 Å². The monoisotopic (exact) mass is 348 g/mol.